The summed E-state index contributed by atoms with van der Waals surface area (Å²) in [4.78, 5) is 44.2. The Hall–Kier alpha value is -2.44. The van der Waals surface area contributed by atoms with Crippen molar-refractivity contribution in [2.45, 2.75) is 25.8 Å². The number of aromatic nitrogens is 1. The number of nitrogens with zero attached hydrogens (tertiary/aromatic N) is 3. The molecule has 0 bridgehead atoms. The van der Waals surface area contributed by atoms with Crippen LogP contribution in [0.2, 0.25) is 0 Å². The summed E-state index contributed by atoms with van der Waals surface area (Å²) in [7, 11) is 1.39. The fourth-order valence-electron chi connectivity index (χ4n) is 3.54. The van der Waals surface area contributed by atoms with Crippen molar-refractivity contribution in [2.75, 3.05) is 26.7 Å². The number of amides is 2. The molecule has 0 aromatic carbocycles. The monoisotopic (exact) mass is 345 g/mol. The van der Waals surface area contributed by atoms with Crippen molar-refractivity contribution in [3.8, 4) is 0 Å². The van der Waals surface area contributed by atoms with Gasteiger partial charge in [0, 0.05) is 32.3 Å². The number of piperidine rings is 1. The molecule has 2 amide bonds. The highest BCUT2D eigenvalue weighted by molar-refractivity contribution is 5.89. The van der Waals surface area contributed by atoms with Crippen LogP contribution in [0.3, 0.4) is 0 Å². The van der Waals surface area contributed by atoms with Crippen molar-refractivity contribution in [2.24, 2.45) is 11.8 Å². The molecular formula is C18H23N3O4. The predicted octanol–water partition coefficient (Wildman–Crippen LogP) is 0.842. The van der Waals surface area contributed by atoms with E-state index in [1.165, 1.54) is 7.11 Å². The number of carbonyl (C=O) groups excluding carboxylic acids is 3. The number of rotatable bonds is 4. The minimum Gasteiger partial charge on any atom is -0.469 e. The van der Waals surface area contributed by atoms with Crippen molar-refractivity contribution in [3.63, 3.8) is 0 Å². The molecule has 0 saturated carbocycles. The minimum absolute atomic E-state index is 0.00607. The molecular weight excluding hydrogens is 322 g/mol. The third-order valence-electron chi connectivity index (χ3n) is 4.98. The van der Waals surface area contributed by atoms with Gasteiger partial charge in [-0.1, -0.05) is 6.07 Å². The molecule has 25 heavy (non-hydrogen) atoms. The average Bonchev–Trinajstić information content (AvgIpc) is 3.02. The summed E-state index contributed by atoms with van der Waals surface area (Å²) in [6.45, 7) is 1.96. The lowest BCUT2D eigenvalue weighted by atomic mass is 9.95. The van der Waals surface area contributed by atoms with Gasteiger partial charge in [-0.05, 0) is 25.0 Å². The lowest BCUT2D eigenvalue weighted by molar-refractivity contribution is -0.149. The normalized spacial score (nSPS) is 21.5. The summed E-state index contributed by atoms with van der Waals surface area (Å²) < 4.78 is 4.77. The first kappa shape index (κ1) is 17.4. The van der Waals surface area contributed by atoms with Gasteiger partial charge in [0.2, 0.25) is 11.8 Å². The van der Waals surface area contributed by atoms with Crippen LogP contribution >= 0.6 is 0 Å². The Morgan fingerprint density at radius 2 is 2.00 bits per heavy atom. The van der Waals surface area contributed by atoms with Gasteiger partial charge in [-0.25, -0.2) is 0 Å². The largest absolute Gasteiger partial charge is 0.469 e. The molecule has 1 atom stereocenters. The maximum absolute atomic E-state index is 12.7. The van der Waals surface area contributed by atoms with Gasteiger partial charge in [-0.3, -0.25) is 19.4 Å². The zero-order valence-corrected chi connectivity index (χ0v) is 14.4. The Bertz CT molecular complexity index is 641. The van der Waals surface area contributed by atoms with Gasteiger partial charge in [0.25, 0.3) is 0 Å². The summed E-state index contributed by atoms with van der Waals surface area (Å²) in [5, 5.41) is 0. The number of hydrogen-bond acceptors (Lipinski definition) is 5. The van der Waals surface area contributed by atoms with Gasteiger partial charge in [0.05, 0.1) is 31.2 Å². The highest BCUT2D eigenvalue weighted by Crippen LogP contribution is 2.25. The quantitative estimate of drug-likeness (QED) is 0.756. The number of methoxy groups -OCH3 is 1. The number of hydrogen-bond donors (Lipinski definition) is 0. The Labute approximate surface area is 147 Å². The number of carbonyl (C=O) groups is 3. The number of esters is 1. The van der Waals surface area contributed by atoms with Gasteiger partial charge < -0.3 is 14.5 Å². The van der Waals surface area contributed by atoms with Crippen LogP contribution in [0, 0.1) is 11.8 Å². The van der Waals surface area contributed by atoms with E-state index in [9.17, 15) is 14.4 Å². The van der Waals surface area contributed by atoms with Gasteiger partial charge >= 0.3 is 5.97 Å². The third kappa shape index (κ3) is 3.97. The maximum Gasteiger partial charge on any atom is 0.308 e. The highest BCUT2D eigenvalue weighted by Gasteiger charge is 2.38. The summed E-state index contributed by atoms with van der Waals surface area (Å²) >= 11 is 0. The van der Waals surface area contributed by atoms with E-state index in [4.69, 9.17) is 4.74 Å². The lowest BCUT2D eigenvalue weighted by Gasteiger charge is -2.32. The van der Waals surface area contributed by atoms with Crippen LogP contribution in [0.25, 0.3) is 0 Å². The Morgan fingerprint density at radius 3 is 2.64 bits per heavy atom. The first-order chi connectivity index (χ1) is 12.1. The van der Waals surface area contributed by atoms with Crippen LogP contribution < -0.4 is 0 Å². The van der Waals surface area contributed by atoms with E-state index in [-0.39, 0.29) is 36.0 Å². The lowest BCUT2D eigenvalue weighted by Crippen LogP contribution is -2.43. The van der Waals surface area contributed by atoms with Crippen molar-refractivity contribution in [3.05, 3.63) is 30.1 Å². The fraction of sp³-hybridized carbons (Fsp3) is 0.556. The van der Waals surface area contributed by atoms with Crippen LogP contribution in [-0.4, -0.2) is 59.3 Å². The first-order valence-electron chi connectivity index (χ1n) is 8.62. The number of likely N-dealkylation sites (tertiary alicyclic amines) is 2. The van der Waals surface area contributed by atoms with E-state index >= 15 is 0 Å². The first-order valence-corrected chi connectivity index (χ1v) is 8.62. The zero-order valence-electron chi connectivity index (χ0n) is 14.4. The molecule has 3 heterocycles. The Balaban J connectivity index is 1.54. The molecule has 2 saturated heterocycles. The van der Waals surface area contributed by atoms with Crippen LogP contribution in [0.5, 0.6) is 0 Å². The van der Waals surface area contributed by atoms with E-state index in [2.05, 4.69) is 4.98 Å². The fourth-order valence-corrected chi connectivity index (χ4v) is 3.54. The van der Waals surface area contributed by atoms with Crippen molar-refractivity contribution in [1.82, 2.24) is 14.8 Å². The molecule has 0 radical (unpaired) electrons. The second-order valence-corrected chi connectivity index (χ2v) is 6.62. The number of pyridine rings is 1. The van der Waals surface area contributed by atoms with Gasteiger partial charge in [0.1, 0.15) is 0 Å². The molecule has 1 aromatic heterocycles. The van der Waals surface area contributed by atoms with E-state index in [0.717, 1.165) is 5.69 Å². The summed E-state index contributed by atoms with van der Waals surface area (Å²) in [5.74, 6) is -0.621. The highest BCUT2D eigenvalue weighted by atomic mass is 16.5. The van der Waals surface area contributed by atoms with E-state index in [1.807, 2.05) is 18.2 Å². The van der Waals surface area contributed by atoms with E-state index in [0.29, 0.717) is 39.0 Å². The second-order valence-electron chi connectivity index (χ2n) is 6.62. The number of ether oxygens (including phenoxy) is 1. The second kappa shape index (κ2) is 7.63. The van der Waals surface area contributed by atoms with E-state index in [1.54, 1.807) is 16.0 Å². The molecule has 7 nitrogen and oxygen atoms in total. The van der Waals surface area contributed by atoms with E-state index < -0.39 is 0 Å². The average molecular weight is 345 g/mol. The summed E-state index contributed by atoms with van der Waals surface area (Å²) in [6.07, 6.45) is 3.19. The molecule has 0 spiro atoms. The van der Waals surface area contributed by atoms with Crippen LogP contribution in [0.1, 0.15) is 25.0 Å². The standard InChI is InChI=1S/C18H23N3O4/c1-25-18(24)13-5-8-20(9-6-13)17(23)14-10-16(22)21(11-14)12-15-4-2-3-7-19-15/h2-4,7,13-14H,5-6,8-12H2,1H3/t14-/m0/s1. The molecule has 2 aliphatic heterocycles. The third-order valence-corrected chi connectivity index (χ3v) is 4.98. The molecule has 3 rings (SSSR count). The maximum atomic E-state index is 12.7. The SMILES string of the molecule is COC(=O)C1CCN(C(=O)[C@H]2CC(=O)N(Cc3ccccn3)C2)CC1. The molecule has 0 aliphatic carbocycles. The molecule has 7 heteroatoms. The smallest absolute Gasteiger partial charge is 0.308 e. The minimum atomic E-state index is -0.300. The zero-order chi connectivity index (χ0) is 17.8. The van der Waals surface area contributed by atoms with Crippen LogP contribution in [0.15, 0.2) is 24.4 Å². The van der Waals surface area contributed by atoms with Crippen molar-refractivity contribution in [1.29, 1.82) is 0 Å². The Kier molecular flexibility index (Phi) is 5.31. The van der Waals surface area contributed by atoms with Gasteiger partial charge in [-0.2, -0.15) is 0 Å². The molecule has 2 aliphatic rings. The molecule has 0 N–H and O–H groups in total. The van der Waals surface area contributed by atoms with Crippen molar-refractivity contribution >= 4 is 17.8 Å². The van der Waals surface area contributed by atoms with Crippen molar-refractivity contribution < 1.29 is 19.1 Å². The molecule has 0 unspecified atom stereocenters. The summed E-state index contributed by atoms with van der Waals surface area (Å²) in [5.41, 5.74) is 0.822. The predicted molar refractivity (Wildman–Crippen MR) is 89.1 cm³/mol. The molecule has 1 aromatic rings. The molecule has 2 fully saturated rings. The van der Waals surface area contributed by atoms with Crippen LogP contribution in [-0.2, 0) is 25.7 Å². The topological polar surface area (TPSA) is 79.8 Å². The van der Waals surface area contributed by atoms with Crippen LogP contribution in [0.4, 0.5) is 0 Å². The Morgan fingerprint density at radius 1 is 1.24 bits per heavy atom. The summed E-state index contributed by atoms with van der Waals surface area (Å²) in [6, 6.07) is 5.59. The molecule has 134 valence electrons. The van der Waals surface area contributed by atoms with Gasteiger partial charge in [-0.15, -0.1) is 0 Å². The van der Waals surface area contributed by atoms with Gasteiger partial charge in [0.15, 0.2) is 0 Å².